The van der Waals surface area contributed by atoms with Crippen LogP contribution in [0.15, 0.2) is 42.5 Å². The molecule has 0 unspecified atom stereocenters. The van der Waals surface area contributed by atoms with Crippen molar-refractivity contribution in [1.82, 2.24) is 10.2 Å². The predicted octanol–water partition coefficient (Wildman–Crippen LogP) is 4.91. The van der Waals surface area contributed by atoms with Gasteiger partial charge in [0.2, 0.25) is 0 Å². The Balaban J connectivity index is 1.24. The van der Waals surface area contributed by atoms with Gasteiger partial charge in [0.1, 0.15) is 0 Å². The zero-order valence-corrected chi connectivity index (χ0v) is 17.8. The molecule has 0 aliphatic carbocycles. The van der Waals surface area contributed by atoms with E-state index < -0.39 is 0 Å². The van der Waals surface area contributed by atoms with Crippen LogP contribution < -0.4 is 5.32 Å². The monoisotopic (exact) mass is 390 g/mol. The fourth-order valence-electron chi connectivity index (χ4n) is 4.78. The molecule has 0 amide bonds. The number of likely N-dealkylation sites (tertiary alicyclic amines) is 1. The number of hydrogen-bond donors (Lipinski definition) is 1. The van der Waals surface area contributed by atoms with E-state index in [0.29, 0.717) is 18.1 Å². The average Bonchev–Trinajstić information content (AvgIpc) is 2.99. The summed E-state index contributed by atoms with van der Waals surface area (Å²) in [4.78, 5) is 15.3. The molecule has 0 spiro atoms. The molecule has 0 atom stereocenters. The first-order valence-corrected chi connectivity index (χ1v) is 11.3. The van der Waals surface area contributed by atoms with Crippen molar-refractivity contribution in [1.29, 1.82) is 0 Å². The van der Waals surface area contributed by atoms with Crippen LogP contribution in [0.1, 0.15) is 64.7 Å². The van der Waals surface area contributed by atoms with Crippen molar-refractivity contribution in [3.63, 3.8) is 0 Å². The standard InChI is InChI=1S/C26H34N2O/c1-20-5-2-3-6-24(20)19-28-15-12-21(13-16-28)8-11-26(29)23-10-9-22-7-4-14-27-18-25(22)17-23/h2-3,5-6,9-10,17,21,27H,4,7-8,11-16,18-19H2,1H3. The molecule has 1 saturated heterocycles. The first-order chi connectivity index (χ1) is 14.2. The normalized spacial score (nSPS) is 18.2. The molecular weight excluding hydrogens is 356 g/mol. The maximum Gasteiger partial charge on any atom is 0.162 e. The number of carbonyl (C=O) groups is 1. The smallest absolute Gasteiger partial charge is 0.162 e. The highest BCUT2D eigenvalue weighted by atomic mass is 16.1. The predicted molar refractivity (Wildman–Crippen MR) is 119 cm³/mol. The highest BCUT2D eigenvalue weighted by Gasteiger charge is 2.21. The number of nitrogens with zero attached hydrogens (tertiary/aromatic N) is 1. The van der Waals surface area contributed by atoms with Gasteiger partial charge in [-0.2, -0.15) is 0 Å². The minimum absolute atomic E-state index is 0.319. The molecule has 2 aliphatic heterocycles. The summed E-state index contributed by atoms with van der Waals surface area (Å²) in [7, 11) is 0. The fraction of sp³-hybridized carbons (Fsp3) is 0.500. The molecule has 2 aromatic carbocycles. The first kappa shape index (κ1) is 20.3. The van der Waals surface area contributed by atoms with E-state index in [1.54, 1.807) is 0 Å². The summed E-state index contributed by atoms with van der Waals surface area (Å²) < 4.78 is 0. The summed E-state index contributed by atoms with van der Waals surface area (Å²) in [6.45, 7) is 7.53. The summed E-state index contributed by atoms with van der Waals surface area (Å²) in [6.07, 6.45) is 6.46. The number of benzene rings is 2. The van der Waals surface area contributed by atoms with Gasteiger partial charge >= 0.3 is 0 Å². The molecule has 29 heavy (non-hydrogen) atoms. The molecule has 1 fully saturated rings. The van der Waals surface area contributed by atoms with Crippen LogP contribution in [-0.2, 0) is 19.5 Å². The number of Topliss-reactive ketones (excluding diaryl/α,β-unsaturated/α-hetero) is 1. The maximum atomic E-state index is 12.8. The molecule has 3 heteroatoms. The molecule has 0 saturated carbocycles. The van der Waals surface area contributed by atoms with Gasteiger partial charge in [0.15, 0.2) is 5.78 Å². The zero-order chi connectivity index (χ0) is 20.1. The lowest BCUT2D eigenvalue weighted by molar-refractivity contribution is 0.0961. The second kappa shape index (κ2) is 9.69. The lowest BCUT2D eigenvalue weighted by atomic mass is 9.89. The van der Waals surface area contributed by atoms with Gasteiger partial charge in [0, 0.05) is 25.1 Å². The number of aryl methyl sites for hydroxylation is 2. The molecule has 1 N–H and O–H groups in total. The minimum atomic E-state index is 0.319. The first-order valence-electron chi connectivity index (χ1n) is 11.3. The number of nitrogens with one attached hydrogen (secondary N) is 1. The van der Waals surface area contributed by atoms with E-state index in [2.05, 4.69) is 59.6 Å². The van der Waals surface area contributed by atoms with Gasteiger partial charge in [0.05, 0.1) is 0 Å². The number of hydrogen-bond acceptors (Lipinski definition) is 3. The van der Waals surface area contributed by atoms with Gasteiger partial charge < -0.3 is 5.32 Å². The van der Waals surface area contributed by atoms with Crippen LogP contribution in [0, 0.1) is 12.8 Å². The summed E-state index contributed by atoms with van der Waals surface area (Å²) in [5.41, 5.74) is 6.46. The molecule has 4 rings (SSSR count). The van der Waals surface area contributed by atoms with Gasteiger partial charge in [-0.25, -0.2) is 0 Å². The number of piperidine rings is 1. The Kier molecular flexibility index (Phi) is 6.78. The molecule has 2 aliphatic rings. The molecular formula is C26H34N2O. The lowest BCUT2D eigenvalue weighted by Gasteiger charge is -2.32. The summed E-state index contributed by atoms with van der Waals surface area (Å²) in [5.74, 6) is 1.01. The van der Waals surface area contributed by atoms with E-state index in [9.17, 15) is 4.79 Å². The van der Waals surface area contributed by atoms with Crippen LogP contribution in [0.3, 0.4) is 0 Å². The molecule has 2 heterocycles. The third-order valence-electron chi connectivity index (χ3n) is 6.79. The molecule has 0 bridgehead atoms. The van der Waals surface area contributed by atoms with Crippen molar-refractivity contribution >= 4 is 5.78 Å². The Hall–Kier alpha value is -1.97. The molecule has 0 radical (unpaired) electrons. The fourth-order valence-corrected chi connectivity index (χ4v) is 4.78. The maximum absolute atomic E-state index is 12.8. The highest BCUT2D eigenvalue weighted by Crippen LogP contribution is 2.25. The Bertz CT molecular complexity index is 836. The number of carbonyl (C=O) groups excluding carboxylic acids is 1. The third-order valence-corrected chi connectivity index (χ3v) is 6.79. The SMILES string of the molecule is Cc1ccccc1CN1CCC(CCC(=O)c2ccc3c(c2)CNCCC3)CC1. The molecule has 0 aromatic heterocycles. The minimum Gasteiger partial charge on any atom is -0.313 e. The van der Waals surface area contributed by atoms with Gasteiger partial charge in [-0.3, -0.25) is 9.69 Å². The van der Waals surface area contributed by atoms with Gasteiger partial charge in [0.25, 0.3) is 0 Å². The number of ketones is 1. The topological polar surface area (TPSA) is 32.3 Å². The molecule has 154 valence electrons. The van der Waals surface area contributed by atoms with E-state index in [0.717, 1.165) is 51.1 Å². The summed E-state index contributed by atoms with van der Waals surface area (Å²) in [6, 6.07) is 15.1. The molecule has 3 nitrogen and oxygen atoms in total. The highest BCUT2D eigenvalue weighted by molar-refractivity contribution is 5.96. The second-order valence-corrected chi connectivity index (χ2v) is 8.87. The van der Waals surface area contributed by atoms with Crippen LogP contribution in [0.2, 0.25) is 0 Å². The molecule has 2 aromatic rings. The van der Waals surface area contributed by atoms with Crippen LogP contribution >= 0.6 is 0 Å². The quantitative estimate of drug-likeness (QED) is 0.712. The van der Waals surface area contributed by atoms with Crippen molar-refractivity contribution in [2.24, 2.45) is 5.92 Å². The van der Waals surface area contributed by atoms with E-state index >= 15 is 0 Å². The Morgan fingerprint density at radius 2 is 1.93 bits per heavy atom. The van der Waals surface area contributed by atoms with Crippen LogP contribution in [0.5, 0.6) is 0 Å². The largest absolute Gasteiger partial charge is 0.313 e. The van der Waals surface area contributed by atoms with Crippen molar-refractivity contribution in [3.8, 4) is 0 Å². The van der Waals surface area contributed by atoms with E-state index in [-0.39, 0.29) is 0 Å². The number of fused-ring (bicyclic) bond motifs is 1. The Morgan fingerprint density at radius 3 is 2.76 bits per heavy atom. The van der Waals surface area contributed by atoms with Crippen molar-refractivity contribution in [2.75, 3.05) is 19.6 Å². The van der Waals surface area contributed by atoms with E-state index in [1.165, 1.54) is 41.5 Å². The van der Waals surface area contributed by atoms with E-state index in [1.807, 2.05) is 0 Å². The van der Waals surface area contributed by atoms with Crippen LogP contribution in [0.4, 0.5) is 0 Å². The second-order valence-electron chi connectivity index (χ2n) is 8.87. The number of rotatable bonds is 6. The van der Waals surface area contributed by atoms with Gasteiger partial charge in [-0.15, -0.1) is 0 Å². The van der Waals surface area contributed by atoms with Gasteiger partial charge in [-0.05, 0) is 92.9 Å². The Morgan fingerprint density at radius 1 is 1.10 bits per heavy atom. The van der Waals surface area contributed by atoms with Crippen LogP contribution in [-0.4, -0.2) is 30.3 Å². The third kappa shape index (κ3) is 5.34. The zero-order valence-electron chi connectivity index (χ0n) is 17.8. The van der Waals surface area contributed by atoms with Gasteiger partial charge in [-0.1, -0.05) is 36.4 Å². The van der Waals surface area contributed by atoms with Crippen molar-refractivity contribution in [3.05, 3.63) is 70.3 Å². The average molecular weight is 391 g/mol. The summed E-state index contributed by atoms with van der Waals surface area (Å²) in [5, 5.41) is 3.46. The van der Waals surface area contributed by atoms with Crippen LogP contribution in [0.25, 0.3) is 0 Å². The lowest BCUT2D eigenvalue weighted by Crippen LogP contribution is -2.33. The van der Waals surface area contributed by atoms with E-state index in [4.69, 9.17) is 0 Å². The van der Waals surface area contributed by atoms with Crippen molar-refractivity contribution < 1.29 is 4.79 Å². The van der Waals surface area contributed by atoms with Crippen molar-refractivity contribution in [2.45, 2.75) is 58.5 Å². The Labute approximate surface area is 175 Å². The summed E-state index contributed by atoms with van der Waals surface area (Å²) >= 11 is 0.